The van der Waals surface area contributed by atoms with E-state index in [1.54, 1.807) is 0 Å². The van der Waals surface area contributed by atoms with Gasteiger partial charge in [0.25, 0.3) is 0 Å². The predicted octanol–water partition coefficient (Wildman–Crippen LogP) is 0.270. The number of likely N-dealkylation sites (tertiary alicyclic amines) is 1. The lowest BCUT2D eigenvalue weighted by Crippen LogP contribution is -2.50. The summed E-state index contributed by atoms with van der Waals surface area (Å²) in [6.45, 7) is 5.65. The van der Waals surface area contributed by atoms with Gasteiger partial charge in [-0.25, -0.2) is 0 Å². The minimum absolute atomic E-state index is 0. The molecule has 5 N–H and O–H groups in total. The average Bonchev–Trinajstić information content (AvgIpc) is 2.92. The standard InChI is InChI=1S/C16H31N5O2.HI/c1-2-18-16(19-10-12-4-3-5-14(12)22)20-13-6-8-21(9-7-13)11-15(17)23;/h12-14,22H,2-11H2,1H3,(H2,17,23)(H2,18,19,20);1H. The van der Waals surface area contributed by atoms with Crippen LogP contribution in [0.4, 0.5) is 0 Å². The zero-order chi connectivity index (χ0) is 16.7. The van der Waals surface area contributed by atoms with Gasteiger partial charge in [0, 0.05) is 38.1 Å². The number of hydrogen-bond donors (Lipinski definition) is 4. The van der Waals surface area contributed by atoms with E-state index in [0.29, 0.717) is 25.0 Å². The maximum absolute atomic E-state index is 11.0. The van der Waals surface area contributed by atoms with Gasteiger partial charge in [-0.3, -0.25) is 14.7 Å². The summed E-state index contributed by atoms with van der Waals surface area (Å²) in [6, 6.07) is 0.366. The van der Waals surface area contributed by atoms with Crippen molar-refractivity contribution in [2.75, 3.05) is 32.7 Å². The normalized spacial score (nSPS) is 26.0. The molecule has 7 nitrogen and oxygen atoms in total. The number of guanidine groups is 1. The van der Waals surface area contributed by atoms with E-state index in [4.69, 9.17) is 5.73 Å². The van der Waals surface area contributed by atoms with Crippen LogP contribution in [-0.2, 0) is 4.79 Å². The van der Waals surface area contributed by atoms with Gasteiger partial charge in [0.15, 0.2) is 5.96 Å². The zero-order valence-electron chi connectivity index (χ0n) is 14.5. The lowest BCUT2D eigenvalue weighted by molar-refractivity contribution is -0.119. The summed E-state index contributed by atoms with van der Waals surface area (Å²) in [5.41, 5.74) is 5.24. The Kier molecular flexibility index (Phi) is 9.91. The molecule has 0 aromatic rings. The molecule has 24 heavy (non-hydrogen) atoms. The van der Waals surface area contributed by atoms with Gasteiger partial charge in [0.2, 0.25) is 5.91 Å². The highest BCUT2D eigenvalue weighted by Gasteiger charge is 2.25. The topological polar surface area (TPSA) is 103 Å². The molecule has 2 fully saturated rings. The van der Waals surface area contributed by atoms with E-state index < -0.39 is 0 Å². The molecule has 140 valence electrons. The maximum atomic E-state index is 11.0. The molecule has 1 amide bonds. The van der Waals surface area contributed by atoms with Gasteiger partial charge >= 0.3 is 0 Å². The molecule has 1 saturated heterocycles. The third-order valence-corrected chi connectivity index (χ3v) is 4.75. The van der Waals surface area contributed by atoms with Crippen LogP contribution in [-0.4, -0.2) is 66.7 Å². The number of rotatable bonds is 6. The Morgan fingerprint density at radius 3 is 2.54 bits per heavy atom. The van der Waals surface area contributed by atoms with E-state index in [9.17, 15) is 9.90 Å². The lowest BCUT2D eigenvalue weighted by atomic mass is 10.1. The van der Waals surface area contributed by atoms with E-state index >= 15 is 0 Å². The second-order valence-electron chi connectivity index (χ2n) is 6.64. The molecule has 0 radical (unpaired) electrons. The van der Waals surface area contributed by atoms with Crippen LogP contribution < -0.4 is 16.4 Å². The number of carbonyl (C=O) groups excluding carboxylic acids is 1. The average molecular weight is 453 g/mol. The van der Waals surface area contributed by atoms with Crippen molar-refractivity contribution in [2.24, 2.45) is 16.6 Å². The van der Waals surface area contributed by atoms with Crippen molar-refractivity contribution in [3.63, 3.8) is 0 Å². The summed E-state index contributed by atoms with van der Waals surface area (Å²) in [5, 5.41) is 16.7. The number of amides is 1. The van der Waals surface area contributed by atoms with Crippen LogP contribution in [0.15, 0.2) is 4.99 Å². The highest BCUT2D eigenvalue weighted by molar-refractivity contribution is 14.0. The molecular formula is C16H32IN5O2. The smallest absolute Gasteiger partial charge is 0.231 e. The lowest BCUT2D eigenvalue weighted by Gasteiger charge is -2.32. The van der Waals surface area contributed by atoms with E-state index in [2.05, 4.69) is 27.4 Å². The zero-order valence-corrected chi connectivity index (χ0v) is 16.9. The van der Waals surface area contributed by atoms with Gasteiger partial charge in [-0.15, -0.1) is 24.0 Å². The Morgan fingerprint density at radius 1 is 1.29 bits per heavy atom. The molecule has 0 aromatic heterocycles. The number of nitrogens with zero attached hydrogens (tertiary/aromatic N) is 2. The van der Waals surface area contributed by atoms with Gasteiger partial charge < -0.3 is 21.5 Å². The Hall–Kier alpha value is -0.610. The van der Waals surface area contributed by atoms with Crippen LogP contribution in [0.3, 0.4) is 0 Å². The minimum Gasteiger partial charge on any atom is -0.393 e. The Morgan fingerprint density at radius 2 is 2.00 bits per heavy atom. The van der Waals surface area contributed by atoms with Gasteiger partial charge in [0.05, 0.1) is 12.6 Å². The first-order chi connectivity index (χ1) is 11.1. The number of halogens is 1. The van der Waals surface area contributed by atoms with Crippen LogP contribution in [0.2, 0.25) is 0 Å². The summed E-state index contributed by atoms with van der Waals surface area (Å²) >= 11 is 0. The number of piperidine rings is 1. The molecule has 1 saturated carbocycles. The van der Waals surface area contributed by atoms with Gasteiger partial charge in [-0.1, -0.05) is 6.42 Å². The molecule has 1 heterocycles. The molecule has 0 spiro atoms. The maximum Gasteiger partial charge on any atom is 0.231 e. The molecule has 1 aliphatic heterocycles. The predicted molar refractivity (Wildman–Crippen MR) is 107 cm³/mol. The van der Waals surface area contributed by atoms with E-state index in [1.165, 1.54) is 0 Å². The fourth-order valence-electron chi connectivity index (χ4n) is 3.41. The number of aliphatic hydroxyl groups excluding tert-OH is 1. The minimum atomic E-state index is -0.263. The summed E-state index contributed by atoms with van der Waals surface area (Å²) in [6.07, 6.45) is 4.83. The molecule has 2 unspecified atom stereocenters. The van der Waals surface area contributed by atoms with Crippen molar-refractivity contribution in [2.45, 2.75) is 51.2 Å². The largest absolute Gasteiger partial charge is 0.393 e. The van der Waals surface area contributed by atoms with E-state index in [0.717, 1.165) is 57.7 Å². The summed E-state index contributed by atoms with van der Waals surface area (Å²) in [4.78, 5) is 17.7. The first-order valence-electron chi connectivity index (χ1n) is 8.82. The van der Waals surface area contributed by atoms with Crippen LogP contribution in [0, 0.1) is 5.92 Å². The van der Waals surface area contributed by atoms with Crippen molar-refractivity contribution >= 4 is 35.8 Å². The quantitative estimate of drug-likeness (QED) is 0.263. The van der Waals surface area contributed by atoms with Gasteiger partial charge in [-0.05, 0) is 32.6 Å². The molecule has 0 bridgehead atoms. The van der Waals surface area contributed by atoms with Crippen LogP contribution in [0.25, 0.3) is 0 Å². The summed E-state index contributed by atoms with van der Waals surface area (Å²) in [5.74, 6) is 0.865. The van der Waals surface area contributed by atoms with Crippen molar-refractivity contribution in [1.82, 2.24) is 15.5 Å². The molecular weight excluding hydrogens is 421 g/mol. The number of primary amides is 1. The molecule has 2 atom stereocenters. The molecule has 8 heteroatoms. The Balaban J connectivity index is 0.00000288. The summed E-state index contributed by atoms with van der Waals surface area (Å²) in [7, 11) is 0. The molecule has 1 aliphatic carbocycles. The number of nitrogens with two attached hydrogens (primary N) is 1. The Bertz CT molecular complexity index is 413. The molecule has 2 aliphatic rings. The fraction of sp³-hybridized carbons (Fsp3) is 0.875. The number of aliphatic imine (C=N–C) groups is 1. The fourth-order valence-corrected chi connectivity index (χ4v) is 3.41. The SMILES string of the molecule is CCNC(=NCC1CCCC1O)NC1CCN(CC(N)=O)CC1.I. The van der Waals surface area contributed by atoms with Crippen molar-refractivity contribution < 1.29 is 9.90 Å². The molecule has 2 rings (SSSR count). The van der Waals surface area contributed by atoms with Crippen LogP contribution >= 0.6 is 24.0 Å². The molecule has 0 aromatic carbocycles. The van der Waals surface area contributed by atoms with Crippen molar-refractivity contribution in [1.29, 1.82) is 0 Å². The number of hydrogen-bond acceptors (Lipinski definition) is 4. The van der Waals surface area contributed by atoms with E-state index in [1.807, 2.05) is 0 Å². The van der Waals surface area contributed by atoms with Crippen LogP contribution in [0.5, 0.6) is 0 Å². The monoisotopic (exact) mass is 453 g/mol. The van der Waals surface area contributed by atoms with Crippen molar-refractivity contribution in [3.05, 3.63) is 0 Å². The first-order valence-corrected chi connectivity index (χ1v) is 8.82. The number of nitrogens with one attached hydrogen (secondary N) is 2. The van der Waals surface area contributed by atoms with Gasteiger partial charge in [0.1, 0.15) is 0 Å². The van der Waals surface area contributed by atoms with E-state index in [-0.39, 0.29) is 36.0 Å². The van der Waals surface area contributed by atoms with Crippen molar-refractivity contribution in [3.8, 4) is 0 Å². The first kappa shape index (κ1) is 21.4. The highest BCUT2D eigenvalue weighted by Crippen LogP contribution is 2.25. The number of carbonyl (C=O) groups is 1. The third kappa shape index (κ3) is 7.10. The third-order valence-electron chi connectivity index (χ3n) is 4.75. The van der Waals surface area contributed by atoms with Gasteiger partial charge in [-0.2, -0.15) is 0 Å². The number of aliphatic hydroxyl groups is 1. The second-order valence-corrected chi connectivity index (χ2v) is 6.64. The summed E-state index contributed by atoms with van der Waals surface area (Å²) < 4.78 is 0. The Labute approximate surface area is 161 Å². The second kappa shape index (κ2) is 11.1. The van der Waals surface area contributed by atoms with Crippen LogP contribution in [0.1, 0.15) is 39.0 Å². The highest BCUT2D eigenvalue weighted by atomic mass is 127.